The maximum Gasteiger partial charge on any atom is 0.317 e. The number of hydrogen-bond donors (Lipinski definition) is 1. The second-order valence-corrected chi connectivity index (χ2v) is 4.90. The fourth-order valence-electron chi connectivity index (χ4n) is 2.53. The van der Waals surface area contributed by atoms with Crippen LogP contribution in [0, 0.1) is 5.92 Å². The first-order valence-electron chi connectivity index (χ1n) is 6.70. The maximum absolute atomic E-state index is 11.8. The van der Waals surface area contributed by atoms with Crippen LogP contribution in [0.25, 0.3) is 0 Å². The van der Waals surface area contributed by atoms with Crippen molar-refractivity contribution < 1.29 is 4.79 Å². The lowest BCUT2D eigenvalue weighted by Gasteiger charge is -2.33. The third-order valence-corrected chi connectivity index (χ3v) is 3.70. The number of carbonyl (C=O) groups is 1. The third kappa shape index (κ3) is 3.69. The van der Waals surface area contributed by atoms with Crippen LogP contribution in [0.1, 0.15) is 52.4 Å². The van der Waals surface area contributed by atoms with Gasteiger partial charge < -0.3 is 10.2 Å². The minimum absolute atomic E-state index is 0.0931. The molecule has 2 amide bonds. The minimum atomic E-state index is 0.0931. The molecule has 3 nitrogen and oxygen atoms in total. The number of rotatable bonds is 4. The highest BCUT2D eigenvalue weighted by atomic mass is 16.2. The molecule has 0 bridgehead atoms. The smallest absolute Gasteiger partial charge is 0.317 e. The second kappa shape index (κ2) is 6.77. The largest absolute Gasteiger partial charge is 0.335 e. The van der Waals surface area contributed by atoms with Gasteiger partial charge in [-0.3, -0.25) is 0 Å². The van der Waals surface area contributed by atoms with Crippen molar-refractivity contribution in [1.82, 2.24) is 10.2 Å². The molecule has 1 rings (SSSR count). The van der Waals surface area contributed by atoms with Crippen molar-refractivity contribution in [2.24, 2.45) is 5.92 Å². The number of urea groups is 1. The number of nitrogens with one attached hydrogen (secondary N) is 1. The highest BCUT2D eigenvalue weighted by Gasteiger charge is 2.26. The average molecular weight is 226 g/mol. The molecule has 0 aromatic rings. The van der Waals surface area contributed by atoms with Crippen molar-refractivity contribution >= 4 is 6.03 Å². The Kier molecular flexibility index (Phi) is 5.64. The molecule has 2 atom stereocenters. The van der Waals surface area contributed by atoms with Gasteiger partial charge in [-0.1, -0.05) is 26.2 Å². The molecule has 0 spiro atoms. The molecule has 3 heteroatoms. The maximum atomic E-state index is 11.8. The fraction of sp³-hybridized carbons (Fsp3) is 0.923. The molecule has 94 valence electrons. The lowest BCUT2D eigenvalue weighted by Crippen LogP contribution is -2.47. The van der Waals surface area contributed by atoms with E-state index >= 15 is 0 Å². The van der Waals surface area contributed by atoms with Crippen LogP contribution >= 0.6 is 0 Å². The van der Waals surface area contributed by atoms with Crippen LogP contribution in [0.15, 0.2) is 0 Å². The molecule has 0 aromatic heterocycles. The van der Waals surface area contributed by atoms with Crippen LogP contribution in [0.3, 0.4) is 0 Å². The molecule has 16 heavy (non-hydrogen) atoms. The first kappa shape index (κ1) is 13.3. The van der Waals surface area contributed by atoms with Crippen LogP contribution in [0.4, 0.5) is 4.79 Å². The average Bonchev–Trinajstić information content (AvgIpc) is 2.31. The van der Waals surface area contributed by atoms with Crippen LogP contribution in [-0.2, 0) is 0 Å². The molecule has 0 aromatic carbocycles. The van der Waals surface area contributed by atoms with E-state index in [0.717, 1.165) is 13.0 Å². The molecule has 0 unspecified atom stereocenters. The molecule has 1 fully saturated rings. The molecule has 0 radical (unpaired) electrons. The SMILES string of the molecule is CCC[C@@H]1CCCC[C@@H]1NC(=O)N(C)CC. The van der Waals surface area contributed by atoms with E-state index in [0.29, 0.717) is 12.0 Å². The predicted molar refractivity (Wildman–Crippen MR) is 67.5 cm³/mol. The quantitative estimate of drug-likeness (QED) is 0.785. The van der Waals surface area contributed by atoms with Crippen LogP contribution in [0.2, 0.25) is 0 Å². The monoisotopic (exact) mass is 226 g/mol. The Labute approximate surface area is 99.6 Å². The van der Waals surface area contributed by atoms with E-state index in [1.54, 1.807) is 4.90 Å². The van der Waals surface area contributed by atoms with Gasteiger partial charge in [0.25, 0.3) is 0 Å². The van der Waals surface area contributed by atoms with Gasteiger partial charge in [-0.25, -0.2) is 4.79 Å². The summed E-state index contributed by atoms with van der Waals surface area (Å²) in [7, 11) is 1.85. The highest BCUT2D eigenvalue weighted by Crippen LogP contribution is 2.28. The number of nitrogens with zero attached hydrogens (tertiary/aromatic N) is 1. The van der Waals surface area contributed by atoms with Gasteiger partial charge in [0.2, 0.25) is 0 Å². The zero-order valence-electron chi connectivity index (χ0n) is 11.0. The summed E-state index contributed by atoms with van der Waals surface area (Å²) in [5.74, 6) is 0.702. The Hall–Kier alpha value is -0.730. The van der Waals surface area contributed by atoms with Gasteiger partial charge >= 0.3 is 6.03 Å². The molecular weight excluding hydrogens is 200 g/mol. The van der Waals surface area contributed by atoms with E-state index in [2.05, 4.69) is 12.2 Å². The fourth-order valence-corrected chi connectivity index (χ4v) is 2.53. The predicted octanol–water partition coefficient (Wildman–Crippen LogP) is 3.01. The van der Waals surface area contributed by atoms with Crippen LogP contribution < -0.4 is 5.32 Å². The zero-order chi connectivity index (χ0) is 12.0. The van der Waals surface area contributed by atoms with E-state index < -0.39 is 0 Å². The van der Waals surface area contributed by atoms with E-state index in [1.807, 2.05) is 14.0 Å². The topological polar surface area (TPSA) is 32.3 Å². The lowest BCUT2D eigenvalue weighted by atomic mass is 9.82. The summed E-state index contributed by atoms with van der Waals surface area (Å²) in [4.78, 5) is 13.6. The van der Waals surface area contributed by atoms with Gasteiger partial charge in [0, 0.05) is 19.6 Å². The van der Waals surface area contributed by atoms with E-state index in [9.17, 15) is 4.79 Å². The van der Waals surface area contributed by atoms with E-state index in [-0.39, 0.29) is 6.03 Å². The van der Waals surface area contributed by atoms with Gasteiger partial charge in [-0.2, -0.15) is 0 Å². The highest BCUT2D eigenvalue weighted by molar-refractivity contribution is 5.74. The van der Waals surface area contributed by atoms with Gasteiger partial charge in [-0.15, -0.1) is 0 Å². The van der Waals surface area contributed by atoms with E-state index in [4.69, 9.17) is 0 Å². The summed E-state index contributed by atoms with van der Waals surface area (Å²) in [5.41, 5.74) is 0. The Bertz CT molecular complexity index is 216. The number of hydrogen-bond acceptors (Lipinski definition) is 1. The summed E-state index contributed by atoms with van der Waals surface area (Å²) in [5, 5.41) is 3.19. The van der Waals surface area contributed by atoms with Crippen molar-refractivity contribution in [2.45, 2.75) is 58.4 Å². The molecular formula is C13H26N2O. The van der Waals surface area contributed by atoms with Crippen molar-refractivity contribution in [3.63, 3.8) is 0 Å². The van der Waals surface area contributed by atoms with Gasteiger partial charge in [0.15, 0.2) is 0 Å². The number of amides is 2. The van der Waals surface area contributed by atoms with Crippen molar-refractivity contribution in [1.29, 1.82) is 0 Å². The summed E-state index contributed by atoms with van der Waals surface area (Å²) < 4.78 is 0. The lowest BCUT2D eigenvalue weighted by molar-refractivity contribution is 0.188. The minimum Gasteiger partial charge on any atom is -0.335 e. The van der Waals surface area contributed by atoms with Crippen molar-refractivity contribution in [3.8, 4) is 0 Å². The Morgan fingerprint density at radius 1 is 1.31 bits per heavy atom. The Morgan fingerprint density at radius 2 is 2.00 bits per heavy atom. The summed E-state index contributed by atoms with van der Waals surface area (Å²) in [6.07, 6.45) is 7.52. The van der Waals surface area contributed by atoms with Crippen LogP contribution in [0.5, 0.6) is 0 Å². The van der Waals surface area contributed by atoms with Gasteiger partial charge in [-0.05, 0) is 32.1 Å². The summed E-state index contributed by atoms with van der Waals surface area (Å²) in [6.45, 7) is 5.01. The molecule has 1 N–H and O–H groups in total. The van der Waals surface area contributed by atoms with Crippen LogP contribution in [-0.4, -0.2) is 30.6 Å². The molecule has 1 aliphatic carbocycles. The molecule has 0 heterocycles. The third-order valence-electron chi connectivity index (χ3n) is 3.70. The summed E-state index contributed by atoms with van der Waals surface area (Å²) >= 11 is 0. The molecule has 1 saturated carbocycles. The first-order chi connectivity index (χ1) is 7.69. The molecule has 0 aliphatic heterocycles. The molecule has 1 aliphatic rings. The Morgan fingerprint density at radius 3 is 2.62 bits per heavy atom. The second-order valence-electron chi connectivity index (χ2n) is 4.90. The zero-order valence-corrected chi connectivity index (χ0v) is 11.0. The van der Waals surface area contributed by atoms with Gasteiger partial charge in [0.1, 0.15) is 0 Å². The summed E-state index contributed by atoms with van der Waals surface area (Å²) in [6, 6.07) is 0.505. The first-order valence-corrected chi connectivity index (χ1v) is 6.70. The van der Waals surface area contributed by atoms with Gasteiger partial charge in [0.05, 0.1) is 0 Å². The normalized spacial score (nSPS) is 25.2. The number of carbonyl (C=O) groups excluding carboxylic acids is 1. The standard InChI is InChI=1S/C13H26N2O/c1-4-8-11-9-6-7-10-12(11)14-13(16)15(3)5-2/h11-12H,4-10H2,1-3H3,(H,14,16)/t11-,12+/m1/s1. The van der Waals surface area contributed by atoms with Crippen molar-refractivity contribution in [2.75, 3.05) is 13.6 Å². The Balaban J connectivity index is 2.45. The van der Waals surface area contributed by atoms with E-state index in [1.165, 1.54) is 32.1 Å². The van der Waals surface area contributed by atoms with Crippen molar-refractivity contribution in [3.05, 3.63) is 0 Å². The molecule has 0 saturated heterocycles.